The molecule has 13 heavy (non-hydrogen) atoms. The van der Waals surface area contributed by atoms with Gasteiger partial charge >= 0.3 is 23.1 Å². The van der Waals surface area contributed by atoms with Crippen molar-refractivity contribution in [2.75, 3.05) is 0 Å². The van der Waals surface area contributed by atoms with Crippen molar-refractivity contribution in [3.63, 3.8) is 0 Å². The Labute approximate surface area is 109 Å². The van der Waals surface area contributed by atoms with Crippen molar-refractivity contribution in [3.05, 3.63) is 33.6 Å². The first-order chi connectivity index (χ1) is 5.04. The van der Waals surface area contributed by atoms with E-state index in [0.29, 0.717) is 0 Å². The molecule has 0 spiro atoms. The summed E-state index contributed by atoms with van der Waals surface area (Å²) in [4.78, 5) is 0. The van der Waals surface area contributed by atoms with Gasteiger partial charge in [-0.1, -0.05) is 0 Å². The normalized spacial score (nSPS) is 8.69. The van der Waals surface area contributed by atoms with Crippen LogP contribution in [0.1, 0.15) is 0 Å². The molecule has 0 nitrogen and oxygen atoms in total. The first-order valence-corrected chi connectivity index (χ1v) is 3.20. The Morgan fingerprint density at radius 3 is 1.54 bits per heavy atom. The smallest absolute Gasteiger partial charge is 1.00 e. The van der Waals surface area contributed by atoms with Crippen LogP contribution in [0.3, 0.4) is 0 Å². The molecule has 7 heteroatoms. The van der Waals surface area contributed by atoms with E-state index in [2.05, 4.69) is 0 Å². The van der Waals surface area contributed by atoms with Crippen LogP contribution < -0.4 is 17.0 Å². The Morgan fingerprint density at radius 1 is 0.923 bits per heavy atom. The van der Waals surface area contributed by atoms with Crippen LogP contribution in [0.4, 0.5) is 13.2 Å². The van der Waals surface area contributed by atoms with Gasteiger partial charge in [0.05, 0.1) is 5.82 Å². The van der Waals surface area contributed by atoms with Gasteiger partial charge in [0.2, 0.25) is 0 Å². The molecule has 0 aliphatic rings. The molecule has 0 amide bonds. The number of halogens is 6. The Bertz CT molecular complexity index is 282. The fourth-order valence-corrected chi connectivity index (χ4v) is 0.827. The van der Waals surface area contributed by atoms with E-state index in [4.69, 9.17) is 23.2 Å². The van der Waals surface area contributed by atoms with Crippen LogP contribution in [0.25, 0.3) is 0 Å². The molecular weight excluding hydrogens is 304 g/mol. The van der Waals surface area contributed by atoms with E-state index < -0.39 is 27.5 Å². The van der Waals surface area contributed by atoms with E-state index in [9.17, 15) is 13.2 Å². The minimum absolute atomic E-state index is 0. The van der Waals surface area contributed by atoms with Crippen LogP contribution in [0.2, 0.25) is 10.0 Å². The Morgan fingerprint density at radius 2 is 1.23 bits per heavy atom. The summed E-state index contributed by atoms with van der Waals surface area (Å²) in [6.07, 6.45) is 0. The Kier molecular flexibility index (Phi) is 7.94. The first kappa shape index (κ1) is 16.3. The van der Waals surface area contributed by atoms with Gasteiger partial charge in [0.1, 0.15) is 0 Å². The molecule has 0 fully saturated rings. The molecule has 0 atom stereocenters. The second-order valence-corrected chi connectivity index (χ2v) is 2.45. The predicted octanol–water partition coefficient (Wildman–Crippen LogP) is -0.166. The summed E-state index contributed by atoms with van der Waals surface area (Å²) in [7, 11) is 0. The summed E-state index contributed by atoms with van der Waals surface area (Å²) in [5, 5.41) is -1.70. The molecule has 0 aliphatic carbocycles. The van der Waals surface area contributed by atoms with Crippen LogP contribution in [0.5, 0.6) is 0 Å². The maximum atomic E-state index is 12.5. The van der Waals surface area contributed by atoms with Crippen LogP contribution in [-0.2, 0) is 0 Å². The SMILES string of the molecule is Fc1[c-]c(F)c(Cl)c(F)c1Cl.[Br-].[Mg+2]. The second kappa shape index (κ2) is 6.34. The third-order valence-corrected chi connectivity index (χ3v) is 1.65. The summed E-state index contributed by atoms with van der Waals surface area (Å²) in [5.41, 5.74) is 0. The molecule has 1 aromatic carbocycles. The van der Waals surface area contributed by atoms with E-state index in [0.717, 1.165) is 0 Å². The van der Waals surface area contributed by atoms with E-state index in [-0.39, 0.29) is 40.0 Å². The zero-order chi connectivity index (χ0) is 8.59. The van der Waals surface area contributed by atoms with Crippen LogP contribution in [-0.4, -0.2) is 23.1 Å². The molecule has 0 bridgehead atoms. The molecule has 1 aromatic rings. The third-order valence-electron chi connectivity index (χ3n) is 0.990. The summed E-state index contributed by atoms with van der Waals surface area (Å²) in [5.74, 6) is -3.88. The maximum Gasteiger partial charge on any atom is 2.00 e. The van der Waals surface area contributed by atoms with Crippen LogP contribution >= 0.6 is 23.2 Å². The van der Waals surface area contributed by atoms with Crippen molar-refractivity contribution in [1.82, 2.24) is 0 Å². The van der Waals surface area contributed by atoms with Gasteiger partial charge in [0.25, 0.3) is 0 Å². The molecule has 1 rings (SSSR count). The molecule has 0 unspecified atom stereocenters. The topological polar surface area (TPSA) is 0 Å². The van der Waals surface area contributed by atoms with Gasteiger partial charge in [0, 0.05) is 21.7 Å². The molecule has 0 heterocycles. The van der Waals surface area contributed by atoms with Crippen molar-refractivity contribution in [2.45, 2.75) is 0 Å². The quantitative estimate of drug-likeness (QED) is 0.270. The first-order valence-electron chi connectivity index (χ1n) is 2.44. The molecular formula is C6BrCl2F3Mg. The maximum absolute atomic E-state index is 12.5. The van der Waals surface area contributed by atoms with Crippen molar-refractivity contribution < 1.29 is 30.2 Å². The van der Waals surface area contributed by atoms with Gasteiger partial charge in [-0.2, -0.15) is 23.2 Å². The summed E-state index contributed by atoms with van der Waals surface area (Å²) in [6.45, 7) is 0. The van der Waals surface area contributed by atoms with Gasteiger partial charge in [-0.25, -0.2) is 13.2 Å². The van der Waals surface area contributed by atoms with Crippen molar-refractivity contribution in [1.29, 1.82) is 0 Å². The Hall–Kier alpha value is 0.836. The molecule has 0 N–H and O–H groups in total. The van der Waals surface area contributed by atoms with Crippen molar-refractivity contribution >= 4 is 46.3 Å². The number of hydrogen-bond acceptors (Lipinski definition) is 0. The zero-order valence-corrected chi connectivity index (χ0v) is 10.5. The minimum Gasteiger partial charge on any atom is -1.00 e. The van der Waals surface area contributed by atoms with Gasteiger partial charge in [-0.3, -0.25) is 0 Å². The average Bonchev–Trinajstić information content (AvgIpc) is 1.97. The molecule has 0 radical (unpaired) electrons. The van der Waals surface area contributed by atoms with E-state index in [1.807, 2.05) is 0 Å². The largest absolute Gasteiger partial charge is 2.00 e. The number of rotatable bonds is 0. The van der Waals surface area contributed by atoms with Crippen LogP contribution in [0.15, 0.2) is 0 Å². The second-order valence-electron chi connectivity index (χ2n) is 1.69. The van der Waals surface area contributed by atoms with Crippen LogP contribution in [0, 0.1) is 23.5 Å². The molecule has 0 aliphatic heterocycles. The van der Waals surface area contributed by atoms with Gasteiger partial charge < -0.3 is 17.0 Å². The van der Waals surface area contributed by atoms with E-state index >= 15 is 0 Å². The molecule has 0 saturated heterocycles. The third kappa shape index (κ3) is 3.47. The summed E-state index contributed by atoms with van der Waals surface area (Å²) >= 11 is 10.0. The predicted molar refractivity (Wildman–Crippen MR) is 40.9 cm³/mol. The fraction of sp³-hybridized carbons (Fsp3) is 0. The average molecular weight is 304 g/mol. The standard InChI is InChI=1S/C6Cl2F3.BrH.Mg/c7-4-2(9)1-3(10)5(8)6(4)11;;/h;1H;/q-1;;+2/p-1. The number of hydrogen-bond donors (Lipinski definition) is 0. The zero-order valence-electron chi connectivity index (χ0n) is 5.97. The van der Waals surface area contributed by atoms with E-state index in [1.54, 1.807) is 0 Å². The molecule has 0 saturated carbocycles. The van der Waals surface area contributed by atoms with Gasteiger partial charge in [0.15, 0.2) is 0 Å². The summed E-state index contributed by atoms with van der Waals surface area (Å²) in [6, 6.07) is 1.51. The minimum atomic E-state index is -1.30. The van der Waals surface area contributed by atoms with Crippen molar-refractivity contribution in [2.24, 2.45) is 0 Å². The van der Waals surface area contributed by atoms with Gasteiger partial charge in [-0.05, 0) is 0 Å². The van der Waals surface area contributed by atoms with E-state index in [1.165, 1.54) is 6.07 Å². The molecule has 0 aromatic heterocycles. The van der Waals surface area contributed by atoms with Crippen molar-refractivity contribution in [3.8, 4) is 0 Å². The van der Waals surface area contributed by atoms with Gasteiger partial charge in [-0.15, -0.1) is 6.07 Å². The summed E-state index contributed by atoms with van der Waals surface area (Å²) < 4.78 is 37.1. The molecule has 68 valence electrons. The fourth-order valence-electron chi connectivity index (χ4n) is 0.495. The monoisotopic (exact) mass is 302 g/mol. The number of benzene rings is 1. The Balaban J connectivity index is 0.